The number of likely N-dealkylation sites (tertiary alicyclic amines) is 1. The summed E-state index contributed by atoms with van der Waals surface area (Å²) in [5, 5.41) is 0. The molecule has 1 aromatic rings. The molecule has 0 aliphatic carbocycles. The fraction of sp³-hybridized carbons (Fsp3) is 0.615. The van der Waals surface area contributed by atoms with Gasteiger partial charge in [-0.05, 0) is 39.1 Å². The summed E-state index contributed by atoms with van der Waals surface area (Å²) in [5.74, 6) is 0. The highest BCUT2D eigenvalue weighted by Crippen LogP contribution is 2.15. The van der Waals surface area contributed by atoms with Crippen molar-refractivity contribution in [3.63, 3.8) is 0 Å². The molecule has 3 heteroatoms. The summed E-state index contributed by atoms with van der Waals surface area (Å²) in [6, 6.07) is 6.91. The van der Waals surface area contributed by atoms with Gasteiger partial charge in [0.25, 0.3) is 0 Å². The third-order valence-electron chi connectivity index (χ3n) is 3.40. The first-order valence-electron chi connectivity index (χ1n) is 6.04. The highest BCUT2D eigenvalue weighted by atomic mass is 15.2. The van der Waals surface area contributed by atoms with Crippen LogP contribution in [0.5, 0.6) is 0 Å². The van der Waals surface area contributed by atoms with E-state index in [0.29, 0.717) is 0 Å². The lowest BCUT2D eigenvalue weighted by atomic mass is 10.0. The van der Waals surface area contributed by atoms with Crippen molar-refractivity contribution in [2.45, 2.75) is 25.4 Å². The van der Waals surface area contributed by atoms with Crippen LogP contribution in [-0.2, 0) is 6.54 Å². The molecule has 0 atom stereocenters. The van der Waals surface area contributed by atoms with Gasteiger partial charge in [-0.1, -0.05) is 6.07 Å². The fourth-order valence-corrected chi connectivity index (χ4v) is 2.31. The molecule has 0 radical (unpaired) electrons. The van der Waals surface area contributed by atoms with Crippen molar-refractivity contribution in [2.24, 2.45) is 0 Å². The van der Waals surface area contributed by atoms with Crippen molar-refractivity contribution in [2.75, 3.05) is 27.2 Å². The third kappa shape index (κ3) is 3.03. The highest BCUT2D eigenvalue weighted by molar-refractivity contribution is 5.03. The summed E-state index contributed by atoms with van der Waals surface area (Å²) in [7, 11) is 4.36. The first-order valence-corrected chi connectivity index (χ1v) is 6.04. The molecule has 0 unspecified atom stereocenters. The van der Waals surface area contributed by atoms with Crippen molar-refractivity contribution in [3.05, 3.63) is 30.1 Å². The zero-order valence-corrected chi connectivity index (χ0v) is 10.3. The first kappa shape index (κ1) is 11.6. The Morgan fingerprint density at radius 2 is 2.06 bits per heavy atom. The second-order valence-corrected chi connectivity index (χ2v) is 4.79. The van der Waals surface area contributed by atoms with Gasteiger partial charge in [0.05, 0.1) is 5.69 Å². The normalized spacial score (nSPS) is 19.2. The second kappa shape index (κ2) is 5.41. The van der Waals surface area contributed by atoms with Crippen LogP contribution in [0.15, 0.2) is 24.4 Å². The quantitative estimate of drug-likeness (QED) is 0.770. The third-order valence-corrected chi connectivity index (χ3v) is 3.40. The van der Waals surface area contributed by atoms with Crippen LogP contribution < -0.4 is 0 Å². The molecule has 0 bridgehead atoms. The number of pyridine rings is 1. The molecular formula is C13H21N3. The number of rotatable bonds is 3. The Kier molecular flexibility index (Phi) is 3.91. The molecule has 16 heavy (non-hydrogen) atoms. The van der Waals surface area contributed by atoms with Gasteiger partial charge in [-0.25, -0.2) is 0 Å². The molecule has 2 heterocycles. The van der Waals surface area contributed by atoms with E-state index in [2.05, 4.69) is 41.0 Å². The van der Waals surface area contributed by atoms with Gasteiger partial charge in [-0.3, -0.25) is 9.88 Å². The van der Waals surface area contributed by atoms with E-state index in [1.165, 1.54) is 31.6 Å². The lowest BCUT2D eigenvalue weighted by Crippen LogP contribution is -2.41. The van der Waals surface area contributed by atoms with Crippen LogP contribution in [0.2, 0.25) is 0 Å². The van der Waals surface area contributed by atoms with E-state index in [9.17, 15) is 0 Å². The summed E-state index contributed by atoms with van der Waals surface area (Å²) < 4.78 is 0. The SMILES string of the molecule is CN(C)C1CCN(Cc2ccccn2)CC1. The number of nitrogens with zero attached hydrogens (tertiary/aromatic N) is 3. The van der Waals surface area contributed by atoms with Crippen LogP contribution in [0, 0.1) is 0 Å². The van der Waals surface area contributed by atoms with Gasteiger partial charge in [0.2, 0.25) is 0 Å². The van der Waals surface area contributed by atoms with Crippen molar-refractivity contribution in [1.29, 1.82) is 0 Å². The molecule has 1 aliphatic heterocycles. The van der Waals surface area contributed by atoms with Crippen LogP contribution in [0.1, 0.15) is 18.5 Å². The van der Waals surface area contributed by atoms with Gasteiger partial charge in [-0.15, -0.1) is 0 Å². The van der Waals surface area contributed by atoms with E-state index >= 15 is 0 Å². The average Bonchev–Trinajstić information content (AvgIpc) is 2.31. The van der Waals surface area contributed by atoms with Gasteiger partial charge in [0.1, 0.15) is 0 Å². The molecule has 1 aliphatic rings. The topological polar surface area (TPSA) is 19.4 Å². The Balaban J connectivity index is 1.82. The summed E-state index contributed by atoms with van der Waals surface area (Å²) in [4.78, 5) is 9.22. The van der Waals surface area contributed by atoms with Crippen LogP contribution >= 0.6 is 0 Å². The lowest BCUT2D eigenvalue weighted by Gasteiger charge is -2.34. The van der Waals surface area contributed by atoms with E-state index in [-0.39, 0.29) is 0 Å². The minimum absolute atomic E-state index is 0.764. The molecule has 1 aromatic heterocycles. The largest absolute Gasteiger partial charge is 0.306 e. The van der Waals surface area contributed by atoms with Crippen LogP contribution in [0.25, 0.3) is 0 Å². The Labute approximate surface area is 98.1 Å². The maximum atomic E-state index is 4.37. The maximum absolute atomic E-state index is 4.37. The van der Waals surface area contributed by atoms with E-state index < -0.39 is 0 Å². The van der Waals surface area contributed by atoms with E-state index in [4.69, 9.17) is 0 Å². The van der Waals surface area contributed by atoms with Gasteiger partial charge in [0.15, 0.2) is 0 Å². The van der Waals surface area contributed by atoms with Crippen molar-refractivity contribution in [3.8, 4) is 0 Å². The number of hydrogen-bond acceptors (Lipinski definition) is 3. The molecule has 88 valence electrons. The van der Waals surface area contributed by atoms with Crippen LogP contribution in [0.4, 0.5) is 0 Å². The summed E-state index contributed by atoms with van der Waals surface area (Å²) >= 11 is 0. The minimum Gasteiger partial charge on any atom is -0.306 e. The Morgan fingerprint density at radius 1 is 1.31 bits per heavy atom. The molecule has 1 saturated heterocycles. The van der Waals surface area contributed by atoms with Gasteiger partial charge in [0, 0.05) is 31.9 Å². The van der Waals surface area contributed by atoms with Gasteiger partial charge >= 0.3 is 0 Å². The predicted molar refractivity (Wildman–Crippen MR) is 66.2 cm³/mol. The van der Waals surface area contributed by atoms with Gasteiger partial charge < -0.3 is 4.90 Å². The first-order chi connectivity index (χ1) is 7.75. The molecule has 0 amide bonds. The molecule has 2 rings (SSSR count). The van der Waals surface area contributed by atoms with E-state index in [0.717, 1.165) is 12.6 Å². The monoisotopic (exact) mass is 219 g/mol. The summed E-state index contributed by atoms with van der Waals surface area (Å²) in [6.07, 6.45) is 4.43. The predicted octanol–water partition coefficient (Wildman–Crippen LogP) is 1.61. The number of piperidine rings is 1. The molecule has 0 saturated carbocycles. The molecule has 3 nitrogen and oxygen atoms in total. The van der Waals surface area contributed by atoms with Crippen molar-refractivity contribution < 1.29 is 0 Å². The van der Waals surface area contributed by atoms with E-state index in [1.54, 1.807) is 0 Å². The van der Waals surface area contributed by atoms with Crippen LogP contribution in [0.3, 0.4) is 0 Å². The van der Waals surface area contributed by atoms with Crippen molar-refractivity contribution in [1.82, 2.24) is 14.8 Å². The lowest BCUT2D eigenvalue weighted by molar-refractivity contribution is 0.139. The Morgan fingerprint density at radius 3 is 2.62 bits per heavy atom. The molecule has 0 spiro atoms. The molecular weight excluding hydrogens is 198 g/mol. The molecule has 1 fully saturated rings. The Hall–Kier alpha value is -0.930. The van der Waals surface area contributed by atoms with E-state index in [1.807, 2.05) is 12.3 Å². The Bertz CT molecular complexity index is 302. The summed E-state index contributed by atoms with van der Waals surface area (Å²) in [5.41, 5.74) is 1.19. The number of aromatic nitrogens is 1. The standard InChI is InChI=1S/C13H21N3/c1-15(2)13-6-9-16(10-7-13)11-12-5-3-4-8-14-12/h3-5,8,13H,6-7,9-11H2,1-2H3. The van der Waals surface area contributed by atoms with Gasteiger partial charge in [-0.2, -0.15) is 0 Å². The van der Waals surface area contributed by atoms with Crippen LogP contribution in [-0.4, -0.2) is 48.0 Å². The smallest absolute Gasteiger partial charge is 0.0543 e. The fourth-order valence-electron chi connectivity index (χ4n) is 2.31. The minimum atomic E-state index is 0.764. The zero-order chi connectivity index (χ0) is 11.4. The number of hydrogen-bond donors (Lipinski definition) is 0. The molecule has 0 aromatic carbocycles. The second-order valence-electron chi connectivity index (χ2n) is 4.79. The van der Waals surface area contributed by atoms with Crippen molar-refractivity contribution >= 4 is 0 Å². The zero-order valence-electron chi connectivity index (χ0n) is 10.3. The highest BCUT2D eigenvalue weighted by Gasteiger charge is 2.20. The average molecular weight is 219 g/mol. The summed E-state index contributed by atoms with van der Waals surface area (Å²) in [6.45, 7) is 3.39. The molecule has 0 N–H and O–H groups in total. The maximum Gasteiger partial charge on any atom is 0.0543 e.